The van der Waals surface area contributed by atoms with Crippen LogP contribution in [0.15, 0.2) is 60.8 Å². The van der Waals surface area contributed by atoms with Gasteiger partial charge in [0.15, 0.2) is 0 Å². The molecule has 0 unspecified atom stereocenters. The number of hydrogen-bond donors (Lipinski definition) is 1. The molecule has 36 heavy (non-hydrogen) atoms. The predicted octanol–water partition coefficient (Wildman–Crippen LogP) is 5.41. The lowest BCUT2D eigenvalue weighted by atomic mass is 10.0. The van der Waals surface area contributed by atoms with Gasteiger partial charge in [-0.05, 0) is 85.7 Å². The zero-order valence-electron chi connectivity index (χ0n) is 20.3. The van der Waals surface area contributed by atoms with Crippen LogP contribution in [0.1, 0.15) is 36.0 Å². The second-order valence-electron chi connectivity index (χ2n) is 10.0. The molecule has 1 saturated heterocycles. The quantitative estimate of drug-likeness (QED) is 0.488. The van der Waals surface area contributed by atoms with Crippen LogP contribution in [0, 0.1) is 5.92 Å². The highest BCUT2D eigenvalue weighted by atomic mass is 35.5. The Morgan fingerprint density at radius 2 is 1.72 bits per heavy atom. The van der Waals surface area contributed by atoms with Gasteiger partial charge in [0.1, 0.15) is 18.2 Å². The minimum Gasteiger partial charge on any atom is -0.491 e. The minimum absolute atomic E-state index is 0.0674. The number of nitrogens with one attached hydrogen (secondary N) is 1. The molecular weight excluding hydrogens is 472 g/mol. The number of rotatable bonds is 6. The summed E-state index contributed by atoms with van der Waals surface area (Å²) in [7, 11) is 0. The monoisotopic (exact) mass is 502 g/mol. The molecule has 2 aromatic carbocycles. The number of amides is 1. The number of nitrogens with zero attached hydrogens (tertiary/aromatic N) is 3. The normalized spacial score (nSPS) is 18.5. The third-order valence-corrected chi connectivity index (χ3v) is 7.71. The molecule has 0 bridgehead atoms. The maximum atomic E-state index is 13.4. The van der Waals surface area contributed by atoms with Crippen LogP contribution in [0.4, 0.5) is 11.5 Å². The van der Waals surface area contributed by atoms with Crippen LogP contribution < -0.4 is 19.9 Å². The summed E-state index contributed by atoms with van der Waals surface area (Å²) >= 11 is 6.03. The molecule has 2 fully saturated rings. The van der Waals surface area contributed by atoms with Crippen LogP contribution >= 0.6 is 11.6 Å². The smallest absolute Gasteiger partial charge is 0.262 e. The van der Waals surface area contributed by atoms with E-state index >= 15 is 0 Å². The molecule has 6 nitrogen and oxygen atoms in total. The largest absolute Gasteiger partial charge is 0.491 e. The second-order valence-corrected chi connectivity index (χ2v) is 10.4. The average molecular weight is 503 g/mol. The van der Waals surface area contributed by atoms with Crippen LogP contribution in [-0.4, -0.2) is 49.7 Å². The molecule has 0 spiro atoms. The van der Waals surface area contributed by atoms with Gasteiger partial charge in [0, 0.05) is 24.2 Å². The topological polar surface area (TPSA) is 57.7 Å². The van der Waals surface area contributed by atoms with Crippen molar-refractivity contribution in [2.24, 2.45) is 5.92 Å². The third kappa shape index (κ3) is 5.06. The number of benzene rings is 2. The van der Waals surface area contributed by atoms with Crippen LogP contribution in [0.5, 0.6) is 5.75 Å². The number of fused-ring (bicyclic) bond motifs is 1. The number of halogens is 1. The van der Waals surface area contributed by atoms with Gasteiger partial charge in [0.2, 0.25) is 0 Å². The van der Waals surface area contributed by atoms with Gasteiger partial charge in [-0.1, -0.05) is 29.8 Å². The van der Waals surface area contributed by atoms with Crippen molar-refractivity contribution in [1.29, 1.82) is 0 Å². The highest BCUT2D eigenvalue weighted by Gasteiger charge is 2.27. The molecule has 3 heterocycles. The molecule has 0 radical (unpaired) electrons. The number of pyridine rings is 1. The Morgan fingerprint density at radius 3 is 2.44 bits per heavy atom. The zero-order chi connectivity index (χ0) is 24.5. The molecule has 0 atom stereocenters. The van der Waals surface area contributed by atoms with Gasteiger partial charge in [-0.25, -0.2) is 4.98 Å². The van der Waals surface area contributed by atoms with Gasteiger partial charge in [-0.3, -0.25) is 4.79 Å². The van der Waals surface area contributed by atoms with E-state index in [1.54, 1.807) is 4.90 Å². The van der Waals surface area contributed by atoms with Gasteiger partial charge in [-0.2, -0.15) is 0 Å². The highest BCUT2D eigenvalue weighted by molar-refractivity contribution is 6.30. The lowest BCUT2D eigenvalue weighted by Gasteiger charge is -2.33. The summed E-state index contributed by atoms with van der Waals surface area (Å²) in [5.74, 6) is 2.44. The van der Waals surface area contributed by atoms with Crippen LogP contribution in [0.25, 0.3) is 11.1 Å². The number of piperidine rings is 1. The molecule has 3 aliphatic rings. The van der Waals surface area contributed by atoms with E-state index in [0.29, 0.717) is 35.5 Å². The van der Waals surface area contributed by atoms with Crippen LogP contribution in [0.2, 0.25) is 5.02 Å². The maximum absolute atomic E-state index is 13.4. The summed E-state index contributed by atoms with van der Waals surface area (Å²) in [5, 5.41) is 4.43. The molecule has 1 amide bonds. The van der Waals surface area contributed by atoms with Crippen molar-refractivity contribution in [2.75, 3.05) is 42.6 Å². The molecule has 1 N–H and O–H groups in total. The first kappa shape index (κ1) is 23.3. The molecule has 7 heteroatoms. The minimum atomic E-state index is -0.0674. The Labute approximate surface area is 217 Å². The fraction of sp³-hybridized carbons (Fsp3) is 0.379. The van der Waals surface area contributed by atoms with E-state index in [1.807, 2.05) is 60.8 Å². The number of carbonyl (C=O) groups is 1. The Hall–Kier alpha value is -3.09. The molecule has 6 rings (SSSR count). The molecule has 1 aliphatic carbocycles. The van der Waals surface area contributed by atoms with E-state index in [0.717, 1.165) is 54.5 Å². The Kier molecular flexibility index (Phi) is 6.55. The molecular formula is C29H31ClN4O2. The van der Waals surface area contributed by atoms with Crippen molar-refractivity contribution in [1.82, 2.24) is 10.3 Å². The standard InChI is InChI=1S/C29H31ClN4O2/c30-23-6-3-21(4-7-23)22-5-9-26-27(17-22)36-16-15-34(29(26)35)25-8-10-28(32-19-25)33-13-11-24(12-14-33)31-18-20-1-2-20/h3-10,17,19-20,24,31H,1-2,11-16,18H2. The summed E-state index contributed by atoms with van der Waals surface area (Å²) in [6.45, 7) is 4.09. The van der Waals surface area contributed by atoms with Crippen molar-refractivity contribution >= 4 is 29.0 Å². The van der Waals surface area contributed by atoms with Crippen molar-refractivity contribution in [3.05, 3.63) is 71.4 Å². The number of carbonyl (C=O) groups excluding carboxylic acids is 1. The van der Waals surface area contributed by atoms with E-state index in [-0.39, 0.29) is 5.91 Å². The van der Waals surface area contributed by atoms with Crippen molar-refractivity contribution in [3.63, 3.8) is 0 Å². The van der Waals surface area contributed by atoms with E-state index < -0.39 is 0 Å². The van der Waals surface area contributed by atoms with E-state index in [2.05, 4.69) is 10.2 Å². The number of aromatic nitrogens is 1. The summed E-state index contributed by atoms with van der Waals surface area (Å²) < 4.78 is 6.00. The Balaban J connectivity index is 1.13. The molecule has 1 saturated carbocycles. The summed E-state index contributed by atoms with van der Waals surface area (Å²) in [6.07, 6.45) is 6.89. The van der Waals surface area contributed by atoms with Crippen LogP contribution in [0.3, 0.4) is 0 Å². The molecule has 186 valence electrons. The van der Waals surface area contributed by atoms with Crippen molar-refractivity contribution in [3.8, 4) is 16.9 Å². The lowest BCUT2D eigenvalue weighted by molar-refractivity contribution is 0.0990. The number of ether oxygens (including phenoxy) is 1. The predicted molar refractivity (Wildman–Crippen MR) is 144 cm³/mol. The van der Waals surface area contributed by atoms with Gasteiger partial charge >= 0.3 is 0 Å². The second kappa shape index (κ2) is 10.1. The maximum Gasteiger partial charge on any atom is 0.262 e. The van der Waals surface area contributed by atoms with Gasteiger partial charge in [-0.15, -0.1) is 0 Å². The SMILES string of the molecule is O=C1c2ccc(-c3ccc(Cl)cc3)cc2OCCN1c1ccc(N2CCC(NCC3CC3)CC2)nc1. The first-order valence-corrected chi connectivity index (χ1v) is 13.3. The fourth-order valence-electron chi connectivity index (χ4n) is 5.07. The first-order chi connectivity index (χ1) is 17.6. The lowest BCUT2D eigenvalue weighted by Crippen LogP contribution is -2.43. The number of hydrogen-bond acceptors (Lipinski definition) is 5. The fourth-order valence-corrected chi connectivity index (χ4v) is 5.20. The average Bonchev–Trinajstić information content (AvgIpc) is 3.76. The van der Waals surface area contributed by atoms with Crippen molar-refractivity contribution in [2.45, 2.75) is 31.7 Å². The van der Waals surface area contributed by atoms with Gasteiger partial charge < -0.3 is 19.9 Å². The highest BCUT2D eigenvalue weighted by Crippen LogP contribution is 2.32. The van der Waals surface area contributed by atoms with E-state index in [4.69, 9.17) is 21.3 Å². The van der Waals surface area contributed by atoms with Gasteiger partial charge in [0.05, 0.1) is 24.0 Å². The summed E-state index contributed by atoms with van der Waals surface area (Å²) in [4.78, 5) is 22.3. The first-order valence-electron chi connectivity index (χ1n) is 12.9. The Bertz CT molecular complexity index is 1220. The Morgan fingerprint density at radius 1 is 0.944 bits per heavy atom. The summed E-state index contributed by atoms with van der Waals surface area (Å²) in [6, 6.07) is 18.1. The summed E-state index contributed by atoms with van der Waals surface area (Å²) in [5.41, 5.74) is 3.38. The van der Waals surface area contributed by atoms with Gasteiger partial charge in [0.25, 0.3) is 5.91 Å². The molecule has 2 aliphatic heterocycles. The van der Waals surface area contributed by atoms with Crippen LogP contribution in [-0.2, 0) is 0 Å². The molecule has 3 aromatic rings. The van der Waals surface area contributed by atoms with E-state index in [9.17, 15) is 4.79 Å². The zero-order valence-corrected chi connectivity index (χ0v) is 21.1. The van der Waals surface area contributed by atoms with Crippen molar-refractivity contribution < 1.29 is 9.53 Å². The van der Waals surface area contributed by atoms with E-state index in [1.165, 1.54) is 19.4 Å². The number of anilines is 2. The third-order valence-electron chi connectivity index (χ3n) is 7.46. The molecule has 1 aromatic heterocycles.